The second-order valence-electron chi connectivity index (χ2n) is 11.9. The van der Waals surface area contributed by atoms with E-state index < -0.39 is 34.8 Å². The summed E-state index contributed by atoms with van der Waals surface area (Å²) in [4.78, 5) is 43.7. The van der Waals surface area contributed by atoms with Gasteiger partial charge in [-0.05, 0) is 57.7 Å². The van der Waals surface area contributed by atoms with Crippen LogP contribution in [0.3, 0.4) is 0 Å². The molecular formula is C30H36FN5O6S. The number of rotatable bonds is 11. The Kier molecular flexibility index (Phi) is 8.43. The number of ketones is 1. The zero-order valence-corrected chi connectivity index (χ0v) is 25.9. The Bertz CT molecular complexity index is 1770. The minimum Gasteiger partial charge on any atom is -0.496 e. The fourth-order valence-corrected chi connectivity index (χ4v) is 6.68. The van der Waals surface area contributed by atoms with Crippen LogP contribution in [0.15, 0.2) is 40.2 Å². The van der Waals surface area contributed by atoms with Gasteiger partial charge in [0.2, 0.25) is 0 Å². The van der Waals surface area contributed by atoms with Crippen molar-refractivity contribution in [3.63, 3.8) is 0 Å². The molecule has 13 heteroatoms. The number of benzene rings is 1. The second kappa shape index (κ2) is 11.8. The first kappa shape index (κ1) is 30.8. The molecule has 1 aliphatic carbocycles. The number of fused-ring (bicyclic) bond motifs is 1. The van der Waals surface area contributed by atoms with Crippen LogP contribution in [-0.2, 0) is 21.6 Å². The molecule has 0 spiro atoms. The van der Waals surface area contributed by atoms with Gasteiger partial charge in [-0.25, -0.2) is 13.8 Å². The molecule has 1 atom stereocenters. The van der Waals surface area contributed by atoms with Gasteiger partial charge in [-0.3, -0.25) is 14.2 Å². The van der Waals surface area contributed by atoms with Crippen LogP contribution in [0.1, 0.15) is 64.2 Å². The summed E-state index contributed by atoms with van der Waals surface area (Å²) in [6.07, 6.45) is 2.25. The van der Waals surface area contributed by atoms with Crippen LogP contribution in [0.5, 0.6) is 5.75 Å². The third kappa shape index (κ3) is 5.68. The highest BCUT2D eigenvalue weighted by Crippen LogP contribution is 2.37. The minimum absolute atomic E-state index is 0.0184. The summed E-state index contributed by atoms with van der Waals surface area (Å²) in [7, 11) is 1.46. The number of Topliss-reactive ketones (excluding diaryl/α,β-unsaturated/α-hetero) is 1. The third-order valence-corrected chi connectivity index (χ3v) is 9.22. The monoisotopic (exact) mass is 613 g/mol. The minimum atomic E-state index is -1.46. The molecule has 1 aromatic carbocycles. The lowest BCUT2D eigenvalue weighted by molar-refractivity contribution is -0.127. The van der Waals surface area contributed by atoms with E-state index in [0.29, 0.717) is 39.5 Å². The molecule has 230 valence electrons. The molecule has 11 nitrogen and oxygen atoms in total. The highest BCUT2D eigenvalue weighted by Gasteiger charge is 2.37. The number of carbonyl (C=O) groups is 1. The summed E-state index contributed by atoms with van der Waals surface area (Å²) >= 11 is 1.17. The maximum atomic E-state index is 14.6. The van der Waals surface area contributed by atoms with E-state index in [9.17, 15) is 23.9 Å². The average molecular weight is 614 g/mol. The summed E-state index contributed by atoms with van der Waals surface area (Å²) in [6.45, 7) is 8.58. The quantitative estimate of drug-likeness (QED) is 0.270. The molecule has 5 rings (SSSR count). The van der Waals surface area contributed by atoms with Crippen molar-refractivity contribution in [2.24, 2.45) is 5.92 Å². The van der Waals surface area contributed by atoms with Gasteiger partial charge in [0.25, 0.3) is 5.56 Å². The first-order valence-corrected chi connectivity index (χ1v) is 15.0. The van der Waals surface area contributed by atoms with Crippen molar-refractivity contribution in [1.82, 2.24) is 24.1 Å². The number of methoxy groups -OCH3 is 1. The number of hydrogen-bond donors (Lipinski definition) is 1. The SMILES string of the molecule is COc1ccc(F)cc1[C@H](Cn1c(=O)n(C(C)(C)C(=O)CC(C)C)c(=O)c2c(C)c(-n3nccn3)sc21)OC1CC(O)C1. The van der Waals surface area contributed by atoms with Gasteiger partial charge in [0.05, 0.1) is 43.6 Å². The lowest BCUT2D eigenvalue weighted by Crippen LogP contribution is -2.53. The van der Waals surface area contributed by atoms with Gasteiger partial charge >= 0.3 is 5.69 Å². The van der Waals surface area contributed by atoms with Crippen LogP contribution in [0.2, 0.25) is 0 Å². The summed E-state index contributed by atoms with van der Waals surface area (Å²) in [5.74, 6) is -0.387. The molecule has 0 radical (unpaired) electrons. The number of thiophene rings is 1. The smallest absolute Gasteiger partial charge is 0.333 e. The molecule has 1 fully saturated rings. The molecule has 0 saturated heterocycles. The van der Waals surface area contributed by atoms with E-state index in [0.717, 1.165) is 4.57 Å². The largest absolute Gasteiger partial charge is 0.496 e. The summed E-state index contributed by atoms with van der Waals surface area (Å²) in [5, 5.41) is 19.2. The van der Waals surface area contributed by atoms with Crippen molar-refractivity contribution in [3.8, 4) is 10.8 Å². The Hall–Kier alpha value is -3.68. The molecule has 0 amide bonds. The van der Waals surface area contributed by atoms with Crippen LogP contribution in [0.25, 0.3) is 15.2 Å². The Morgan fingerprint density at radius 2 is 1.88 bits per heavy atom. The van der Waals surface area contributed by atoms with Crippen LogP contribution in [0.4, 0.5) is 4.39 Å². The van der Waals surface area contributed by atoms with Gasteiger partial charge in [-0.2, -0.15) is 10.2 Å². The molecule has 1 aliphatic rings. The van der Waals surface area contributed by atoms with Crippen molar-refractivity contribution < 1.29 is 23.8 Å². The van der Waals surface area contributed by atoms with Crippen molar-refractivity contribution >= 4 is 27.3 Å². The first-order chi connectivity index (χ1) is 20.3. The molecule has 0 unspecified atom stereocenters. The maximum Gasteiger partial charge on any atom is 0.333 e. The van der Waals surface area contributed by atoms with E-state index in [1.807, 2.05) is 13.8 Å². The maximum absolute atomic E-state index is 14.6. The van der Waals surface area contributed by atoms with E-state index in [1.165, 1.54) is 58.4 Å². The van der Waals surface area contributed by atoms with E-state index in [-0.39, 0.29) is 36.2 Å². The molecule has 1 N–H and O–H groups in total. The van der Waals surface area contributed by atoms with E-state index in [4.69, 9.17) is 9.47 Å². The number of hydrogen-bond acceptors (Lipinski definition) is 9. The number of aliphatic hydroxyl groups excluding tert-OH is 1. The molecule has 0 bridgehead atoms. The van der Waals surface area contributed by atoms with Crippen molar-refractivity contribution in [3.05, 3.63) is 68.4 Å². The third-order valence-electron chi connectivity index (χ3n) is 7.94. The van der Waals surface area contributed by atoms with E-state index >= 15 is 0 Å². The highest BCUT2D eigenvalue weighted by atomic mass is 32.1. The molecule has 43 heavy (non-hydrogen) atoms. The molecule has 3 aromatic heterocycles. The standard InChI is InChI=1S/C30H36FN5O6S/c1-16(2)11-24(38)30(4,5)35-26(39)25-17(3)27(36-32-9-10-33-36)43-28(25)34(29(35)40)15-23(42-20-13-19(37)14-20)21-12-18(31)7-8-22(21)41-6/h7-10,12,16,19-20,23,37H,11,13-15H2,1-6H3/t19?,20?,23-/m0/s1. The van der Waals surface area contributed by atoms with Crippen LogP contribution in [-0.4, -0.2) is 54.3 Å². The zero-order valence-electron chi connectivity index (χ0n) is 25.0. The Morgan fingerprint density at radius 3 is 2.49 bits per heavy atom. The van der Waals surface area contributed by atoms with Crippen LogP contribution >= 0.6 is 11.3 Å². The van der Waals surface area contributed by atoms with Gasteiger partial charge in [0, 0.05) is 17.5 Å². The van der Waals surface area contributed by atoms with E-state index in [1.54, 1.807) is 20.8 Å². The van der Waals surface area contributed by atoms with Gasteiger partial charge in [-0.15, -0.1) is 4.80 Å². The summed E-state index contributed by atoms with van der Waals surface area (Å²) in [5.41, 5.74) is -1.82. The van der Waals surface area contributed by atoms with Crippen LogP contribution in [0, 0.1) is 18.7 Å². The van der Waals surface area contributed by atoms with Crippen molar-refractivity contribution in [2.45, 2.75) is 84.3 Å². The van der Waals surface area contributed by atoms with Crippen molar-refractivity contribution in [2.75, 3.05) is 7.11 Å². The van der Waals surface area contributed by atoms with E-state index in [2.05, 4.69) is 10.2 Å². The number of aromatic nitrogens is 5. The predicted octanol–water partition coefficient (Wildman–Crippen LogP) is 3.89. The number of halogens is 1. The fraction of sp³-hybridized carbons (Fsp3) is 0.500. The Balaban J connectivity index is 1.76. The number of aryl methyl sites for hydroxylation is 1. The summed E-state index contributed by atoms with van der Waals surface area (Å²) < 4.78 is 28.9. The van der Waals surface area contributed by atoms with Gasteiger partial charge in [-0.1, -0.05) is 25.2 Å². The predicted molar refractivity (Wildman–Crippen MR) is 160 cm³/mol. The molecule has 1 saturated carbocycles. The second-order valence-corrected chi connectivity index (χ2v) is 12.9. The number of ether oxygens (including phenoxy) is 2. The molecule has 4 aromatic rings. The Morgan fingerprint density at radius 1 is 1.21 bits per heavy atom. The van der Waals surface area contributed by atoms with Gasteiger partial charge in [0.1, 0.15) is 33.0 Å². The lowest BCUT2D eigenvalue weighted by atomic mass is 9.91. The average Bonchev–Trinajstić information content (AvgIpc) is 3.57. The normalized spacial score (nSPS) is 17.8. The topological polar surface area (TPSA) is 130 Å². The lowest BCUT2D eigenvalue weighted by Gasteiger charge is -2.35. The van der Waals surface area contributed by atoms with Crippen LogP contribution < -0.4 is 16.0 Å². The summed E-state index contributed by atoms with van der Waals surface area (Å²) in [6, 6.07) is 4.05. The molecule has 3 heterocycles. The fourth-order valence-electron chi connectivity index (χ4n) is 5.46. The zero-order chi connectivity index (χ0) is 31.2. The van der Waals surface area contributed by atoms with Crippen molar-refractivity contribution in [1.29, 1.82) is 0 Å². The number of aliphatic hydroxyl groups is 1. The molecular weight excluding hydrogens is 577 g/mol. The Labute approximate surface area is 251 Å². The van der Waals surface area contributed by atoms with Gasteiger partial charge < -0.3 is 14.6 Å². The first-order valence-electron chi connectivity index (χ1n) is 14.2. The number of carbonyl (C=O) groups excluding carboxylic acids is 1. The molecule has 0 aliphatic heterocycles. The number of nitrogens with zero attached hydrogens (tertiary/aromatic N) is 5. The van der Waals surface area contributed by atoms with Gasteiger partial charge in [0.15, 0.2) is 5.78 Å². The highest BCUT2D eigenvalue weighted by molar-refractivity contribution is 7.21.